The molecule has 2 aromatic heterocycles. The predicted octanol–water partition coefficient (Wildman–Crippen LogP) is 2.25. The number of carbonyl (C=O) groups excluding carboxylic acids is 1. The van der Waals surface area contributed by atoms with Crippen molar-refractivity contribution in [1.29, 1.82) is 0 Å². The molecule has 0 radical (unpaired) electrons. The number of likely N-dealkylation sites (tertiary alicyclic amines) is 1. The van der Waals surface area contributed by atoms with Gasteiger partial charge in [-0.2, -0.15) is 23.5 Å². The first kappa shape index (κ1) is 29.0. The van der Waals surface area contributed by atoms with Gasteiger partial charge in [-0.15, -0.1) is 0 Å². The van der Waals surface area contributed by atoms with Crippen LogP contribution in [0.2, 0.25) is 0 Å². The van der Waals surface area contributed by atoms with Gasteiger partial charge in [0.1, 0.15) is 12.4 Å². The van der Waals surface area contributed by atoms with Crippen molar-refractivity contribution in [1.82, 2.24) is 29.7 Å². The number of carbonyl (C=O) groups is 1. The third kappa shape index (κ3) is 5.54. The molecule has 3 aliphatic rings. The highest BCUT2D eigenvalue weighted by Gasteiger charge is 2.30. The summed E-state index contributed by atoms with van der Waals surface area (Å²) >= 11 is 0. The van der Waals surface area contributed by atoms with Gasteiger partial charge in [0, 0.05) is 44.3 Å². The summed E-state index contributed by atoms with van der Waals surface area (Å²) in [5.74, 6) is 0.874. The number of aromatic nitrogens is 4. The number of imidazole rings is 1. The number of nitrogens with zero attached hydrogens (tertiary/aromatic N) is 6. The van der Waals surface area contributed by atoms with Crippen LogP contribution in [0, 0.1) is 13.8 Å². The van der Waals surface area contributed by atoms with Crippen molar-refractivity contribution in [2.45, 2.75) is 45.7 Å². The van der Waals surface area contributed by atoms with E-state index in [2.05, 4.69) is 52.1 Å². The Morgan fingerprint density at radius 3 is 2.61 bits per heavy atom. The minimum Gasteiger partial charge on any atom is -0.462 e. The highest BCUT2D eigenvalue weighted by atomic mass is 32.1. The number of hydrogen-bond acceptors (Lipinski definition) is 8. The van der Waals surface area contributed by atoms with Gasteiger partial charge in [0.25, 0.3) is 0 Å². The SMILES string of the molecule is C=CC(=O)N1CCN(c2nc(OC[C@@H]3CCCN3C)nc3c2CCN(c2c(C)c(C)cc4[nH]c(=O)[nH]c24)C3)CC1.S. The van der Waals surface area contributed by atoms with E-state index in [1.54, 1.807) is 0 Å². The zero-order valence-electron chi connectivity index (χ0n) is 24.1. The van der Waals surface area contributed by atoms with Crippen molar-refractivity contribution in [2.75, 3.05) is 62.7 Å². The number of H-pyrrole nitrogens is 2. The van der Waals surface area contributed by atoms with Crippen LogP contribution in [0.3, 0.4) is 0 Å². The van der Waals surface area contributed by atoms with Crippen LogP contribution in [0.1, 0.15) is 35.2 Å². The van der Waals surface area contributed by atoms with Crippen LogP contribution in [0.4, 0.5) is 11.5 Å². The molecule has 0 spiro atoms. The van der Waals surface area contributed by atoms with Crippen molar-refractivity contribution in [3.8, 4) is 6.01 Å². The molecule has 0 unspecified atom stereocenters. The van der Waals surface area contributed by atoms with E-state index in [1.807, 2.05) is 11.0 Å². The number of ether oxygens (including phenoxy) is 1. The van der Waals surface area contributed by atoms with Crippen molar-refractivity contribution < 1.29 is 9.53 Å². The number of benzene rings is 1. The fourth-order valence-electron chi connectivity index (χ4n) is 6.32. The van der Waals surface area contributed by atoms with Crippen LogP contribution >= 0.6 is 13.5 Å². The first-order valence-corrected chi connectivity index (χ1v) is 14.2. The average molecular weight is 581 g/mol. The summed E-state index contributed by atoms with van der Waals surface area (Å²) in [5, 5.41) is 0. The van der Waals surface area contributed by atoms with E-state index in [0.29, 0.717) is 51.4 Å². The molecule has 0 aliphatic carbocycles. The number of amides is 1. The van der Waals surface area contributed by atoms with Crippen LogP contribution in [0.15, 0.2) is 23.5 Å². The van der Waals surface area contributed by atoms with Crippen LogP contribution < -0.4 is 20.2 Å². The molecule has 2 saturated heterocycles. The van der Waals surface area contributed by atoms with Crippen molar-refractivity contribution >= 4 is 41.9 Å². The zero-order valence-corrected chi connectivity index (χ0v) is 25.1. The lowest BCUT2D eigenvalue weighted by atomic mass is 10.0. The third-order valence-electron chi connectivity index (χ3n) is 8.78. The van der Waals surface area contributed by atoms with Gasteiger partial charge in [-0.05, 0) is 70.0 Å². The minimum atomic E-state index is -0.204. The maximum atomic E-state index is 12.2. The first-order chi connectivity index (χ1) is 19.3. The van der Waals surface area contributed by atoms with Gasteiger partial charge in [0.2, 0.25) is 5.91 Å². The second kappa shape index (κ2) is 11.8. The van der Waals surface area contributed by atoms with Crippen molar-refractivity contribution in [3.63, 3.8) is 0 Å². The van der Waals surface area contributed by atoms with Gasteiger partial charge in [0.15, 0.2) is 0 Å². The number of nitrogens with one attached hydrogen (secondary N) is 2. The van der Waals surface area contributed by atoms with Gasteiger partial charge < -0.3 is 34.3 Å². The molecule has 1 aromatic carbocycles. The topological polar surface area (TPSA) is 114 Å². The molecule has 220 valence electrons. The fraction of sp³-hybridized carbons (Fsp3) is 0.517. The maximum Gasteiger partial charge on any atom is 0.323 e. The molecular weight excluding hydrogens is 540 g/mol. The number of piperazine rings is 1. The number of anilines is 2. The molecule has 0 bridgehead atoms. The van der Waals surface area contributed by atoms with E-state index >= 15 is 0 Å². The Kier molecular flexibility index (Phi) is 8.32. The lowest BCUT2D eigenvalue weighted by Crippen LogP contribution is -2.49. The Labute approximate surface area is 247 Å². The number of hydrogen-bond donors (Lipinski definition) is 2. The van der Waals surface area contributed by atoms with Crippen molar-refractivity contribution in [2.24, 2.45) is 0 Å². The number of fused-ring (bicyclic) bond motifs is 2. The van der Waals surface area contributed by atoms with Crippen LogP contribution in [-0.2, 0) is 17.8 Å². The Balaban J connectivity index is 0.00000337. The molecule has 3 aromatic rings. The monoisotopic (exact) mass is 580 g/mol. The molecule has 12 heteroatoms. The molecule has 1 amide bonds. The Morgan fingerprint density at radius 2 is 1.90 bits per heavy atom. The first-order valence-electron chi connectivity index (χ1n) is 14.2. The summed E-state index contributed by atoms with van der Waals surface area (Å²) in [6.07, 6.45) is 4.43. The largest absolute Gasteiger partial charge is 0.462 e. The predicted molar refractivity (Wildman–Crippen MR) is 166 cm³/mol. The van der Waals surface area contributed by atoms with Gasteiger partial charge in [-0.25, -0.2) is 4.79 Å². The smallest absolute Gasteiger partial charge is 0.323 e. The molecule has 41 heavy (non-hydrogen) atoms. The second-order valence-electron chi connectivity index (χ2n) is 11.2. The zero-order chi connectivity index (χ0) is 28.0. The van der Waals surface area contributed by atoms with E-state index in [1.165, 1.54) is 12.5 Å². The summed E-state index contributed by atoms with van der Waals surface area (Å²) in [6.45, 7) is 13.5. The number of aromatic amines is 2. The van der Waals surface area contributed by atoms with E-state index < -0.39 is 0 Å². The quantitative estimate of drug-likeness (QED) is 0.427. The molecular formula is C29H40N8O3S. The van der Waals surface area contributed by atoms with Crippen LogP contribution in [-0.4, -0.2) is 94.6 Å². The van der Waals surface area contributed by atoms with Gasteiger partial charge >= 0.3 is 11.7 Å². The average Bonchev–Trinajstić information content (AvgIpc) is 3.54. The molecule has 1 atom stereocenters. The van der Waals surface area contributed by atoms with E-state index in [9.17, 15) is 9.59 Å². The molecule has 6 rings (SSSR count). The molecule has 11 nitrogen and oxygen atoms in total. The molecule has 0 saturated carbocycles. The summed E-state index contributed by atoms with van der Waals surface area (Å²) < 4.78 is 6.25. The third-order valence-corrected chi connectivity index (χ3v) is 8.78. The second-order valence-corrected chi connectivity index (χ2v) is 11.2. The van der Waals surface area contributed by atoms with Gasteiger partial charge in [-0.1, -0.05) is 6.58 Å². The molecule has 3 aliphatic heterocycles. The Bertz CT molecular complexity index is 1510. The van der Waals surface area contributed by atoms with E-state index in [0.717, 1.165) is 70.9 Å². The standard InChI is InChI=1S/C29H38N8O3.H2S/c1-5-24(38)35-11-13-36(14-12-35)27-21-8-10-37(26-19(3)18(2)15-22-25(26)32-28(39)30-22)16-23(21)31-29(33-27)40-17-20-7-6-9-34(20)4;/h5,15,20H,1,6-14,16-17H2,2-4H3,(H2,30,32,39);1H2/t20-;/m0./s1. The Morgan fingerprint density at radius 1 is 1.12 bits per heavy atom. The summed E-state index contributed by atoms with van der Waals surface area (Å²) in [5.41, 5.74) is 6.82. The number of likely N-dealkylation sites (N-methyl/N-ethyl adjacent to an activating group) is 1. The fourth-order valence-corrected chi connectivity index (χ4v) is 6.32. The highest BCUT2D eigenvalue weighted by Crippen LogP contribution is 2.36. The number of aryl methyl sites for hydroxylation is 1. The molecule has 2 fully saturated rings. The summed E-state index contributed by atoms with van der Waals surface area (Å²) in [6, 6.07) is 2.79. The van der Waals surface area contributed by atoms with E-state index in [4.69, 9.17) is 14.7 Å². The minimum absolute atomic E-state index is 0. The molecule has 2 N–H and O–H groups in total. The Hall–Kier alpha value is -3.51. The van der Waals surface area contributed by atoms with Crippen LogP contribution in [0.25, 0.3) is 11.0 Å². The van der Waals surface area contributed by atoms with E-state index in [-0.39, 0.29) is 25.1 Å². The lowest BCUT2D eigenvalue weighted by molar-refractivity contribution is -0.126. The van der Waals surface area contributed by atoms with Gasteiger partial charge in [-0.3, -0.25) is 4.79 Å². The molecule has 5 heterocycles. The normalized spacial score (nSPS) is 19.3. The maximum absolute atomic E-state index is 12.2. The summed E-state index contributed by atoms with van der Waals surface area (Å²) in [4.78, 5) is 48.9. The highest BCUT2D eigenvalue weighted by molar-refractivity contribution is 7.59. The van der Waals surface area contributed by atoms with Crippen LogP contribution in [0.5, 0.6) is 6.01 Å². The van der Waals surface area contributed by atoms with Gasteiger partial charge in [0.05, 0.1) is 29.0 Å². The summed E-state index contributed by atoms with van der Waals surface area (Å²) in [7, 11) is 2.14. The van der Waals surface area contributed by atoms with Crippen molar-refractivity contribution in [3.05, 3.63) is 51.6 Å². The lowest BCUT2D eigenvalue weighted by Gasteiger charge is -2.38. The number of rotatable bonds is 6.